The van der Waals surface area contributed by atoms with Gasteiger partial charge in [0.2, 0.25) is 0 Å². The molecule has 0 aliphatic rings. The molecule has 0 aromatic heterocycles. The van der Waals surface area contributed by atoms with E-state index in [9.17, 15) is 31.0 Å². The van der Waals surface area contributed by atoms with E-state index in [0.29, 0.717) is 11.1 Å². The highest BCUT2D eigenvalue weighted by Gasteiger charge is 2.48. The van der Waals surface area contributed by atoms with E-state index >= 15 is 0 Å². The van der Waals surface area contributed by atoms with Crippen molar-refractivity contribution >= 4 is 43.9 Å². The maximum atomic E-state index is 12.8. The van der Waals surface area contributed by atoms with Crippen molar-refractivity contribution in [2.75, 3.05) is 23.7 Å². The van der Waals surface area contributed by atoms with E-state index in [-0.39, 0.29) is 30.4 Å². The molecule has 15 heteroatoms. The zero-order valence-electron chi connectivity index (χ0n) is 18.5. The number of carbonyl (C=O) groups is 2. The molecular weight excluding hydrogens is 494 g/mol. The van der Waals surface area contributed by atoms with E-state index in [1.54, 1.807) is 4.72 Å². The van der Waals surface area contributed by atoms with Crippen molar-refractivity contribution in [2.45, 2.75) is 12.8 Å². The Balaban J connectivity index is 0.00000578. The van der Waals surface area contributed by atoms with E-state index in [4.69, 9.17) is 14.0 Å². The zero-order valence-corrected chi connectivity index (χ0v) is 20.1. The Labute approximate surface area is 196 Å². The summed E-state index contributed by atoms with van der Waals surface area (Å²) in [6.07, 6.45) is -0.491. The number of carbonyl (C=O) groups excluding carboxylic acids is 2. The topological polar surface area (TPSA) is 225 Å². The van der Waals surface area contributed by atoms with E-state index < -0.39 is 38.0 Å². The van der Waals surface area contributed by atoms with Crippen LogP contribution in [0.2, 0.25) is 0 Å². The van der Waals surface area contributed by atoms with Gasteiger partial charge >= 0.3 is 22.2 Å². The Bertz CT molecular complexity index is 1210. The largest absolute Gasteiger partial charge is 0.731 e. The summed E-state index contributed by atoms with van der Waals surface area (Å²) in [5.74, 6) is -1.85. The zero-order chi connectivity index (χ0) is 24.9. The standard InChI is InChI=1S/C19H22N2O10S2.H3N/c1-30-17(22)19(18(23)31-2,11-13-6-8-15(9-7-13)20-32(24,25)26)12-14-4-3-5-16(10-14)21-33(27,28)29;/h3-10,20-21H,11-12H2,1-2H3,(H,24,25,26)(H,27,28,29);1H3. The first-order valence-corrected chi connectivity index (χ1v) is 12.0. The van der Waals surface area contributed by atoms with Gasteiger partial charge in [-0.15, -0.1) is 0 Å². The molecule has 0 fully saturated rings. The fraction of sp³-hybridized carbons (Fsp3) is 0.263. The molecule has 0 aliphatic carbocycles. The monoisotopic (exact) mass is 519 g/mol. The number of ether oxygens (including phenoxy) is 2. The van der Waals surface area contributed by atoms with Crippen LogP contribution in [0.5, 0.6) is 0 Å². The molecule has 0 heterocycles. The lowest BCUT2D eigenvalue weighted by Gasteiger charge is -2.28. The van der Waals surface area contributed by atoms with Crippen molar-refractivity contribution in [1.82, 2.24) is 6.15 Å². The van der Waals surface area contributed by atoms with Crippen LogP contribution in [0.25, 0.3) is 0 Å². The van der Waals surface area contributed by atoms with Crippen molar-refractivity contribution < 1.29 is 45.0 Å². The molecule has 0 aliphatic heterocycles. The number of hydrogen-bond donors (Lipinski definition) is 4. The summed E-state index contributed by atoms with van der Waals surface area (Å²) in [4.78, 5) is 25.6. The molecule has 13 nitrogen and oxygen atoms in total. The molecule has 0 amide bonds. The van der Waals surface area contributed by atoms with Crippen LogP contribution in [-0.4, -0.2) is 52.1 Å². The van der Waals surface area contributed by atoms with Gasteiger partial charge in [0.15, 0.2) is 15.7 Å². The van der Waals surface area contributed by atoms with Gasteiger partial charge in [0.25, 0.3) is 0 Å². The third kappa shape index (κ3) is 7.96. The SMILES string of the molecule is COC(=O)C(Cc1ccc(NS(=O)(=O)[O-])cc1)(Cc1cccc(NS(=O)(=O)O)c1)C(=O)OC.[NH4+]. The van der Waals surface area contributed by atoms with E-state index in [0.717, 1.165) is 14.2 Å². The highest BCUT2D eigenvalue weighted by atomic mass is 32.2. The summed E-state index contributed by atoms with van der Waals surface area (Å²) in [7, 11) is -7.11. The molecular formula is C19H25N3O10S2. The number of esters is 2. The fourth-order valence-electron chi connectivity index (χ4n) is 3.25. The number of rotatable bonds is 10. The lowest BCUT2D eigenvalue weighted by Crippen LogP contribution is -2.45. The minimum atomic E-state index is -4.73. The van der Waals surface area contributed by atoms with Crippen LogP contribution in [0.3, 0.4) is 0 Å². The number of nitrogens with one attached hydrogen (secondary N) is 2. The number of methoxy groups -OCH3 is 2. The minimum absolute atomic E-state index is 0. The molecule has 188 valence electrons. The Morgan fingerprint density at radius 3 is 1.88 bits per heavy atom. The normalized spacial score (nSPS) is 11.6. The van der Waals surface area contributed by atoms with Crippen LogP contribution >= 0.6 is 0 Å². The number of quaternary nitrogens is 1. The summed E-state index contributed by atoms with van der Waals surface area (Å²) in [5.41, 5.74) is -1.16. The van der Waals surface area contributed by atoms with Crippen molar-refractivity contribution in [3.63, 3.8) is 0 Å². The van der Waals surface area contributed by atoms with Crippen molar-refractivity contribution in [3.8, 4) is 0 Å². The summed E-state index contributed by atoms with van der Waals surface area (Å²) >= 11 is 0. The third-order valence-corrected chi connectivity index (χ3v) is 5.51. The van der Waals surface area contributed by atoms with Gasteiger partial charge in [-0.25, -0.2) is 8.42 Å². The van der Waals surface area contributed by atoms with Crippen molar-refractivity contribution in [2.24, 2.45) is 5.41 Å². The molecule has 2 aromatic carbocycles. The third-order valence-electron chi connectivity index (χ3n) is 4.53. The maximum Gasteiger partial charge on any atom is 0.357 e. The van der Waals surface area contributed by atoms with Gasteiger partial charge in [0, 0.05) is 5.69 Å². The van der Waals surface area contributed by atoms with Crippen molar-refractivity contribution in [1.29, 1.82) is 0 Å². The van der Waals surface area contributed by atoms with Gasteiger partial charge in [0.05, 0.1) is 19.9 Å². The van der Waals surface area contributed by atoms with Crippen LogP contribution in [0, 0.1) is 5.41 Å². The van der Waals surface area contributed by atoms with Gasteiger partial charge in [-0.1, -0.05) is 24.3 Å². The van der Waals surface area contributed by atoms with E-state index in [1.165, 1.54) is 48.5 Å². The highest BCUT2D eigenvalue weighted by molar-refractivity contribution is 7.87. The second-order valence-corrected chi connectivity index (χ2v) is 9.22. The lowest BCUT2D eigenvalue weighted by molar-refractivity contribution is -0.169. The van der Waals surface area contributed by atoms with Crippen LogP contribution in [0.1, 0.15) is 11.1 Å². The Kier molecular flexibility index (Phi) is 9.53. The first-order valence-electron chi connectivity index (χ1n) is 9.11. The molecule has 0 spiro atoms. The van der Waals surface area contributed by atoms with Crippen LogP contribution in [0.4, 0.5) is 11.4 Å². The van der Waals surface area contributed by atoms with Crippen LogP contribution in [-0.2, 0) is 52.5 Å². The Morgan fingerprint density at radius 2 is 1.41 bits per heavy atom. The van der Waals surface area contributed by atoms with Crippen LogP contribution in [0.15, 0.2) is 48.5 Å². The molecule has 34 heavy (non-hydrogen) atoms. The van der Waals surface area contributed by atoms with Gasteiger partial charge in [-0.2, -0.15) is 8.42 Å². The number of benzene rings is 2. The number of hydrogen-bond acceptors (Lipinski definition) is 9. The summed E-state index contributed by atoms with van der Waals surface area (Å²) in [6.45, 7) is 0. The Hall–Kier alpha value is -3.24. The quantitative estimate of drug-likeness (QED) is 0.200. The van der Waals surface area contributed by atoms with Gasteiger partial charge in [-0.3, -0.25) is 23.6 Å². The summed E-state index contributed by atoms with van der Waals surface area (Å²) in [6, 6.07) is 11.0. The highest BCUT2D eigenvalue weighted by Crippen LogP contribution is 2.33. The smallest absolute Gasteiger partial charge is 0.357 e. The summed E-state index contributed by atoms with van der Waals surface area (Å²) < 4.78 is 77.1. The van der Waals surface area contributed by atoms with E-state index in [1.807, 2.05) is 4.72 Å². The molecule has 2 aromatic rings. The van der Waals surface area contributed by atoms with Gasteiger partial charge in [-0.05, 0) is 48.2 Å². The summed E-state index contributed by atoms with van der Waals surface area (Å²) in [5, 5.41) is 0. The molecule has 0 saturated heterocycles. The Morgan fingerprint density at radius 1 is 0.882 bits per heavy atom. The van der Waals surface area contributed by atoms with Gasteiger partial charge < -0.3 is 20.2 Å². The van der Waals surface area contributed by atoms with Crippen LogP contribution < -0.4 is 15.6 Å². The molecule has 2 rings (SSSR count). The first-order chi connectivity index (χ1) is 15.3. The second kappa shape index (κ2) is 11.3. The molecule has 7 N–H and O–H groups in total. The average molecular weight is 520 g/mol. The molecule has 0 saturated carbocycles. The molecule has 0 unspecified atom stereocenters. The predicted molar refractivity (Wildman–Crippen MR) is 121 cm³/mol. The predicted octanol–water partition coefficient (Wildman–Crippen LogP) is 1.27. The number of anilines is 2. The first kappa shape index (κ1) is 28.8. The fourth-order valence-corrected chi connectivity index (χ4v) is 4.10. The second-order valence-electron chi connectivity index (χ2n) is 6.95. The van der Waals surface area contributed by atoms with E-state index in [2.05, 4.69) is 0 Å². The van der Waals surface area contributed by atoms with Gasteiger partial charge in [0.1, 0.15) is 0 Å². The maximum absolute atomic E-state index is 12.8. The lowest BCUT2D eigenvalue weighted by atomic mass is 9.76. The minimum Gasteiger partial charge on any atom is -0.731 e. The molecule has 0 atom stereocenters. The average Bonchev–Trinajstić information content (AvgIpc) is 2.71. The molecule has 0 bridgehead atoms. The molecule has 0 radical (unpaired) electrons. The van der Waals surface area contributed by atoms with Crippen molar-refractivity contribution in [3.05, 3.63) is 59.7 Å².